The number of aromatic nitrogens is 2. The van der Waals surface area contributed by atoms with Gasteiger partial charge in [-0.3, -0.25) is 0 Å². The van der Waals surface area contributed by atoms with E-state index in [9.17, 15) is 0 Å². The van der Waals surface area contributed by atoms with Gasteiger partial charge in [-0.15, -0.1) is 0 Å². The molecule has 3 heteroatoms. The van der Waals surface area contributed by atoms with Crippen molar-refractivity contribution in [1.29, 1.82) is 0 Å². The smallest absolute Gasteiger partial charge is 0.135 e. The van der Waals surface area contributed by atoms with E-state index in [2.05, 4.69) is 113 Å². The minimum absolute atomic E-state index is 0.921. The van der Waals surface area contributed by atoms with Gasteiger partial charge in [0.2, 0.25) is 0 Å². The molecule has 0 aliphatic rings. The van der Waals surface area contributed by atoms with Crippen LogP contribution in [0.25, 0.3) is 71.6 Å². The molecule has 4 aromatic carbocycles. The van der Waals surface area contributed by atoms with Gasteiger partial charge in [0.25, 0.3) is 0 Å². The first-order valence-corrected chi connectivity index (χ1v) is 11.9. The Morgan fingerprint density at radius 1 is 0.571 bits per heavy atom. The first-order chi connectivity index (χ1) is 17.3. The van der Waals surface area contributed by atoms with Crippen LogP contribution >= 0.6 is 0 Å². The highest BCUT2D eigenvalue weighted by Crippen LogP contribution is 2.41. The Balaban J connectivity index is 1.42. The lowest BCUT2D eigenvalue weighted by atomic mass is 9.98. The number of aromatic amines is 1. The Kier molecular flexibility index (Phi) is 3.66. The lowest BCUT2D eigenvalue weighted by Crippen LogP contribution is -1.84. The zero-order valence-electron chi connectivity index (χ0n) is 18.8. The Morgan fingerprint density at radius 3 is 2.23 bits per heavy atom. The molecular formula is C32H20N2O. The number of nitrogens with one attached hydrogen (secondary N) is 1. The standard InChI is InChI=1S/C32H20N2O/c1-2-8-20(9-3-1)30-27-11-6-7-17-34(27)32-31(30)25-19-21(13-15-26(25)33-32)22-14-16-29-24(18-22)23-10-4-5-12-28(23)35-29/h1-19,33H. The Bertz CT molecular complexity index is 2050. The van der Waals surface area contributed by atoms with Crippen LogP contribution in [0.2, 0.25) is 0 Å². The molecule has 0 fully saturated rings. The van der Waals surface area contributed by atoms with Gasteiger partial charge in [0, 0.05) is 38.8 Å². The second-order valence-electron chi connectivity index (χ2n) is 9.12. The number of H-pyrrole nitrogens is 1. The average Bonchev–Trinajstić information content (AvgIpc) is 3.57. The largest absolute Gasteiger partial charge is 0.456 e. The van der Waals surface area contributed by atoms with E-state index < -0.39 is 0 Å². The molecule has 3 nitrogen and oxygen atoms in total. The fourth-order valence-electron chi connectivity index (χ4n) is 5.56. The first kappa shape index (κ1) is 18.6. The third-order valence-corrected chi connectivity index (χ3v) is 7.16. The molecule has 8 aromatic rings. The highest BCUT2D eigenvalue weighted by Gasteiger charge is 2.18. The van der Waals surface area contributed by atoms with Crippen LogP contribution in [0.3, 0.4) is 0 Å². The SMILES string of the molecule is c1ccc(-c2c3c4cc(-c5ccc6oc7ccccc7c6c5)ccc4[nH]c3n3ccccc23)cc1. The van der Waals surface area contributed by atoms with Crippen LogP contribution < -0.4 is 0 Å². The summed E-state index contributed by atoms with van der Waals surface area (Å²) >= 11 is 0. The summed E-state index contributed by atoms with van der Waals surface area (Å²) in [7, 11) is 0. The Morgan fingerprint density at radius 2 is 1.31 bits per heavy atom. The normalized spacial score (nSPS) is 12.0. The molecular weight excluding hydrogens is 428 g/mol. The van der Waals surface area contributed by atoms with Crippen molar-refractivity contribution in [2.75, 3.05) is 0 Å². The molecule has 0 amide bonds. The van der Waals surface area contributed by atoms with Gasteiger partial charge in [-0.1, -0.05) is 66.7 Å². The summed E-state index contributed by atoms with van der Waals surface area (Å²) in [5.74, 6) is 0. The summed E-state index contributed by atoms with van der Waals surface area (Å²) in [6.45, 7) is 0. The Labute approximate surface area is 200 Å². The van der Waals surface area contributed by atoms with Crippen molar-refractivity contribution >= 4 is 49.4 Å². The van der Waals surface area contributed by atoms with Crippen LogP contribution in [0.1, 0.15) is 0 Å². The molecule has 0 bridgehead atoms. The molecule has 0 unspecified atom stereocenters. The Hall–Kier alpha value is -4.76. The third kappa shape index (κ3) is 2.61. The van der Waals surface area contributed by atoms with Crippen molar-refractivity contribution in [3.8, 4) is 22.3 Å². The van der Waals surface area contributed by atoms with Crippen LogP contribution in [0.5, 0.6) is 0 Å². The number of furan rings is 1. The molecule has 0 spiro atoms. The van der Waals surface area contributed by atoms with E-state index in [-0.39, 0.29) is 0 Å². The number of hydrogen-bond donors (Lipinski definition) is 1. The number of fused-ring (bicyclic) bond motifs is 8. The fourth-order valence-corrected chi connectivity index (χ4v) is 5.56. The number of hydrogen-bond acceptors (Lipinski definition) is 1. The minimum atomic E-state index is 0.921. The second-order valence-corrected chi connectivity index (χ2v) is 9.12. The van der Waals surface area contributed by atoms with E-state index in [0.717, 1.165) is 33.1 Å². The third-order valence-electron chi connectivity index (χ3n) is 7.16. The summed E-state index contributed by atoms with van der Waals surface area (Å²) in [5.41, 5.74) is 10.2. The van der Waals surface area contributed by atoms with Gasteiger partial charge in [0.05, 0.1) is 5.52 Å². The van der Waals surface area contributed by atoms with E-state index in [1.54, 1.807) is 0 Å². The van der Waals surface area contributed by atoms with Crippen molar-refractivity contribution < 1.29 is 4.42 Å². The van der Waals surface area contributed by atoms with Gasteiger partial charge in [-0.2, -0.15) is 0 Å². The molecule has 0 atom stereocenters. The van der Waals surface area contributed by atoms with Gasteiger partial charge in [0.15, 0.2) is 0 Å². The second kappa shape index (κ2) is 6.87. The first-order valence-electron chi connectivity index (χ1n) is 11.9. The number of pyridine rings is 1. The van der Waals surface area contributed by atoms with Crippen molar-refractivity contribution in [2.24, 2.45) is 0 Å². The predicted molar refractivity (Wildman–Crippen MR) is 145 cm³/mol. The molecule has 0 saturated carbocycles. The molecule has 35 heavy (non-hydrogen) atoms. The summed E-state index contributed by atoms with van der Waals surface area (Å²) in [6.07, 6.45) is 2.14. The highest BCUT2D eigenvalue weighted by molar-refractivity contribution is 6.19. The van der Waals surface area contributed by atoms with Crippen molar-refractivity contribution in [3.05, 3.63) is 115 Å². The number of nitrogens with zero attached hydrogens (tertiary/aromatic N) is 1. The van der Waals surface area contributed by atoms with Crippen LogP contribution in [-0.4, -0.2) is 9.38 Å². The topological polar surface area (TPSA) is 33.3 Å². The van der Waals surface area contributed by atoms with Crippen LogP contribution in [-0.2, 0) is 0 Å². The van der Waals surface area contributed by atoms with Crippen LogP contribution in [0, 0.1) is 0 Å². The van der Waals surface area contributed by atoms with E-state index in [1.807, 2.05) is 12.1 Å². The summed E-state index contributed by atoms with van der Waals surface area (Å²) in [4.78, 5) is 3.69. The summed E-state index contributed by atoms with van der Waals surface area (Å²) in [6, 6.07) is 38.5. The molecule has 4 aromatic heterocycles. The number of rotatable bonds is 2. The number of para-hydroxylation sites is 1. The summed E-state index contributed by atoms with van der Waals surface area (Å²) in [5, 5.41) is 4.79. The van der Waals surface area contributed by atoms with Crippen molar-refractivity contribution in [2.45, 2.75) is 0 Å². The van der Waals surface area contributed by atoms with Gasteiger partial charge in [-0.05, 0) is 59.2 Å². The quantitative estimate of drug-likeness (QED) is 0.282. The van der Waals surface area contributed by atoms with E-state index >= 15 is 0 Å². The molecule has 8 rings (SSSR count). The molecule has 0 saturated heterocycles. The van der Waals surface area contributed by atoms with Crippen LogP contribution in [0.4, 0.5) is 0 Å². The van der Waals surface area contributed by atoms with Gasteiger partial charge in [-0.25, -0.2) is 0 Å². The van der Waals surface area contributed by atoms with Crippen LogP contribution in [0.15, 0.2) is 120 Å². The average molecular weight is 449 g/mol. The van der Waals surface area contributed by atoms with E-state index in [1.165, 1.54) is 38.5 Å². The maximum Gasteiger partial charge on any atom is 0.135 e. The highest BCUT2D eigenvalue weighted by atomic mass is 16.3. The molecule has 0 radical (unpaired) electrons. The van der Waals surface area contributed by atoms with Crippen molar-refractivity contribution in [1.82, 2.24) is 9.38 Å². The predicted octanol–water partition coefficient (Wildman–Crippen LogP) is 8.81. The van der Waals surface area contributed by atoms with Gasteiger partial charge >= 0.3 is 0 Å². The zero-order valence-corrected chi connectivity index (χ0v) is 18.8. The van der Waals surface area contributed by atoms with Gasteiger partial charge in [0.1, 0.15) is 16.8 Å². The van der Waals surface area contributed by atoms with E-state index in [4.69, 9.17) is 4.42 Å². The zero-order chi connectivity index (χ0) is 22.9. The molecule has 164 valence electrons. The lowest BCUT2D eigenvalue weighted by molar-refractivity contribution is 0.669. The maximum absolute atomic E-state index is 6.05. The molecule has 1 N–H and O–H groups in total. The molecule has 0 aliphatic heterocycles. The molecule has 0 aliphatic carbocycles. The number of benzene rings is 4. The lowest BCUT2D eigenvalue weighted by Gasteiger charge is -2.05. The minimum Gasteiger partial charge on any atom is -0.456 e. The maximum atomic E-state index is 6.05. The van der Waals surface area contributed by atoms with Crippen molar-refractivity contribution in [3.63, 3.8) is 0 Å². The summed E-state index contributed by atoms with van der Waals surface area (Å²) < 4.78 is 8.31. The molecule has 4 heterocycles. The monoisotopic (exact) mass is 448 g/mol. The van der Waals surface area contributed by atoms with Gasteiger partial charge < -0.3 is 13.8 Å². The fraction of sp³-hybridized carbons (Fsp3) is 0. The van der Waals surface area contributed by atoms with E-state index in [0.29, 0.717) is 0 Å².